The van der Waals surface area contributed by atoms with Crippen molar-refractivity contribution in [3.05, 3.63) is 53.6 Å². The van der Waals surface area contributed by atoms with Crippen molar-refractivity contribution in [1.29, 1.82) is 0 Å². The number of para-hydroxylation sites is 1. The Bertz CT molecular complexity index is 727. The monoisotopic (exact) mass is 384 g/mol. The number of nitrogens with two attached hydrogens (primary N) is 1. The fraction of sp³-hybridized carbons (Fsp3) is 0.435. The summed E-state index contributed by atoms with van der Waals surface area (Å²) < 4.78 is 6.15. The fourth-order valence-electron chi connectivity index (χ4n) is 3.18. The maximum absolute atomic E-state index is 6.15. The average Bonchev–Trinajstić information content (AvgIpc) is 2.62. The Kier molecular flexibility index (Phi) is 7.66. The molecule has 0 saturated heterocycles. The van der Waals surface area contributed by atoms with E-state index in [4.69, 9.17) is 22.7 Å². The molecule has 0 unspecified atom stereocenters. The van der Waals surface area contributed by atoms with Crippen molar-refractivity contribution >= 4 is 23.0 Å². The van der Waals surface area contributed by atoms with E-state index in [9.17, 15) is 0 Å². The highest BCUT2D eigenvalue weighted by molar-refractivity contribution is 7.80. The maximum atomic E-state index is 6.15. The lowest BCUT2D eigenvalue weighted by Crippen LogP contribution is -2.38. The first-order valence-electron chi connectivity index (χ1n) is 9.82. The third kappa shape index (κ3) is 5.46. The van der Waals surface area contributed by atoms with Crippen molar-refractivity contribution in [2.24, 2.45) is 5.73 Å². The van der Waals surface area contributed by atoms with E-state index in [0.29, 0.717) is 16.9 Å². The first kappa shape index (κ1) is 21.2. The number of benzene rings is 2. The average molecular weight is 385 g/mol. The Labute approximate surface area is 169 Å². The van der Waals surface area contributed by atoms with Gasteiger partial charge in [-0.15, -0.1) is 0 Å². The van der Waals surface area contributed by atoms with E-state index in [2.05, 4.69) is 51.7 Å². The molecule has 0 aliphatic rings. The van der Waals surface area contributed by atoms with Crippen molar-refractivity contribution in [3.8, 4) is 11.5 Å². The molecule has 2 aromatic carbocycles. The topological polar surface area (TPSA) is 38.5 Å². The van der Waals surface area contributed by atoms with Gasteiger partial charge in [-0.25, -0.2) is 0 Å². The highest BCUT2D eigenvalue weighted by Crippen LogP contribution is 2.40. The van der Waals surface area contributed by atoms with Gasteiger partial charge < -0.3 is 15.4 Å². The lowest BCUT2D eigenvalue weighted by molar-refractivity contribution is 0.480. The summed E-state index contributed by atoms with van der Waals surface area (Å²) in [5.74, 6) is 2.35. The van der Waals surface area contributed by atoms with Crippen molar-refractivity contribution in [1.82, 2.24) is 0 Å². The van der Waals surface area contributed by atoms with Gasteiger partial charge in [0.15, 0.2) is 5.11 Å². The zero-order chi connectivity index (χ0) is 20.0. The van der Waals surface area contributed by atoms with Crippen LogP contribution in [0.5, 0.6) is 11.5 Å². The van der Waals surface area contributed by atoms with Crippen molar-refractivity contribution < 1.29 is 4.74 Å². The number of anilines is 1. The third-order valence-electron chi connectivity index (χ3n) is 4.64. The summed E-state index contributed by atoms with van der Waals surface area (Å²) in [6, 6.07) is 14.2. The molecule has 0 atom stereocenters. The number of unbranched alkanes of at least 4 members (excludes halogenated alkanes) is 1. The van der Waals surface area contributed by atoms with Gasteiger partial charge in [0.05, 0.1) is 5.69 Å². The van der Waals surface area contributed by atoms with Crippen LogP contribution in [0.4, 0.5) is 5.69 Å². The normalized spacial score (nSPS) is 11.1. The molecule has 146 valence electrons. The van der Waals surface area contributed by atoms with E-state index in [1.165, 1.54) is 11.1 Å². The van der Waals surface area contributed by atoms with Gasteiger partial charge in [0.25, 0.3) is 0 Å². The smallest absolute Gasteiger partial charge is 0.170 e. The Balaban J connectivity index is 2.58. The Morgan fingerprint density at radius 2 is 1.56 bits per heavy atom. The van der Waals surface area contributed by atoms with Crippen LogP contribution < -0.4 is 15.4 Å². The Morgan fingerprint density at radius 3 is 2.00 bits per heavy atom. The molecule has 3 nitrogen and oxygen atoms in total. The van der Waals surface area contributed by atoms with E-state index >= 15 is 0 Å². The highest BCUT2D eigenvalue weighted by atomic mass is 32.1. The summed E-state index contributed by atoms with van der Waals surface area (Å²) in [6.45, 7) is 11.8. The zero-order valence-corrected chi connectivity index (χ0v) is 18.0. The minimum absolute atomic E-state index is 0.329. The molecule has 0 heterocycles. The van der Waals surface area contributed by atoms with Gasteiger partial charge in [0.2, 0.25) is 0 Å². The van der Waals surface area contributed by atoms with Crippen LogP contribution in [0.3, 0.4) is 0 Å². The second kappa shape index (κ2) is 9.75. The number of hydrogen-bond donors (Lipinski definition) is 1. The maximum Gasteiger partial charge on any atom is 0.170 e. The summed E-state index contributed by atoms with van der Waals surface area (Å²) in [5.41, 5.74) is 9.73. The van der Waals surface area contributed by atoms with Gasteiger partial charge in [0.1, 0.15) is 11.5 Å². The molecule has 0 aliphatic carbocycles. The predicted molar refractivity (Wildman–Crippen MR) is 120 cm³/mol. The minimum Gasteiger partial charge on any atom is -0.457 e. The summed E-state index contributed by atoms with van der Waals surface area (Å²) in [6.07, 6.45) is 2.15. The third-order valence-corrected chi connectivity index (χ3v) is 4.86. The van der Waals surface area contributed by atoms with E-state index in [-0.39, 0.29) is 0 Å². The molecule has 4 heteroatoms. The van der Waals surface area contributed by atoms with Crippen LogP contribution in [0.2, 0.25) is 0 Å². The minimum atomic E-state index is 0.329. The number of rotatable bonds is 8. The first-order valence-corrected chi connectivity index (χ1v) is 10.2. The molecule has 0 fully saturated rings. The molecule has 0 radical (unpaired) electrons. The lowest BCUT2D eigenvalue weighted by atomic mass is 9.91. The van der Waals surface area contributed by atoms with Crippen molar-refractivity contribution in [2.75, 3.05) is 11.4 Å². The molecule has 2 N–H and O–H groups in total. The Hall–Kier alpha value is -2.07. The molecule has 2 aromatic rings. The van der Waals surface area contributed by atoms with Crippen LogP contribution in [0, 0.1) is 0 Å². The van der Waals surface area contributed by atoms with Crippen LogP contribution >= 0.6 is 12.2 Å². The van der Waals surface area contributed by atoms with E-state index < -0.39 is 0 Å². The second-order valence-electron chi connectivity index (χ2n) is 7.52. The van der Waals surface area contributed by atoms with E-state index in [1.807, 2.05) is 30.3 Å². The van der Waals surface area contributed by atoms with Crippen LogP contribution in [0.15, 0.2) is 42.5 Å². The van der Waals surface area contributed by atoms with Crippen molar-refractivity contribution in [3.63, 3.8) is 0 Å². The quantitative estimate of drug-likeness (QED) is 0.522. The Morgan fingerprint density at radius 1 is 1.00 bits per heavy atom. The molecule has 0 aliphatic heterocycles. The molecular weight excluding hydrogens is 352 g/mol. The zero-order valence-electron chi connectivity index (χ0n) is 17.2. The molecule has 2 rings (SSSR count). The van der Waals surface area contributed by atoms with E-state index in [1.54, 1.807) is 0 Å². The standard InChI is InChI=1S/C23H32N2OS/c1-6-7-13-25(23(24)27)22-20(16(2)3)14-19(15-21(22)17(4)5)26-18-11-9-8-10-12-18/h8-12,14-17H,6-7,13H2,1-5H3,(H2,24,27). The summed E-state index contributed by atoms with van der Waals surface area (Å²) in [5, 5.41) is 0.434. The molecule has 0 bridgehead atoms. The molecular formula is C23H32N2OS. The summed E-state index contributed by atoms with van der Waals surface area (Å²) in [4.78, 5) is 2.11. The van der Waals surface area contributed by atoms with Crippen LogP contribution in [-0.2, 0) is 0 Å². The molecule has 0 aromatic heterocycles. The largest absolute Gasteiger partial charge is 0.457 e. The second-order valence-corrected chi connectivity index (χ2v) is 7.94. The van der Waals surface area contributed by atoms with Gasteiger partial charge in [-0.1, -0.05) is 59.2 Å². The molecule has 27 heavy (non-hydrogen) atoms. The predicted octanol–water partition coefficient (Wildman–Crippen LogP) is 6.58. The number of ether oxygens (including phenoxy) is 1. The molecule has 0 amide bonds. The van der Waals surface area contributed by atoms with Crippen LogP contribution in [-0.4, -0.2) is 11.7 Å². The summed E-state index contributed by atoms with van der Waals surface area (Å²) >= 11 is 5.41. The van der Waals surface area contributed by atoms with Gasteiger partial charge in [0, 0.05) is 6.54 Å². The van der Waals surface area contributed by atoms with Gasteiger partial charge in [-0.3, -0.25) is 0 Å². The number of thiocarbonyl (C=S) groups is 1. The first-order chi connectivity index (χ1) is 12.8. The van der Waals surface area contributed by atoms with Gasteiger partial charge in [-0.05, 0) is 65.9 Å². The highest BCUT2D eigenvalue weighted by Gasteiger charge is 2.23. The summed E-state index contributed by atoms with van der Waals surface area (Å²) in [7, 11) is 0. The van der Waals surface area contributed by atoms with Crippen LogP contribution in [0.1, 0.15) is 70.4 Å². The molecule has 0 saturated carbocycles. The molecule has 0 spiro atoms. The fourth-order valence-corrected chi connectivity index (χ4v) is 3.36. The van der Waals surface area contributed by atoms with Crippen LogP contribution in [0.25, 0.3) is 0 Å². The lowest BCUT2D eigenvalue weighted by Gasteiger charge is -2.31. The SMILES string of the molecule is CCCCN(C(N)=S)c1c(C(C)C)cc(Oc2ccccc2)cc1C(C)C. The van der Waals surface area contributed by atoms with Gasteiger partial charge in [-0.2, -0.15) is 0 Å². The van der Waals surface area contributed by atoms with Gasteiger partial charge >= 0.3 is 0 Å². The van der Waals surface area contributed by atoms with E-state index in [0.717, 1.165) is 36.6 Å². The number of nitrogens with zero attached hydrogens (tertiary/aromatic N) is 1. The van der Waals surface area contributed by atoms with Crippen molar-refractivity contribution in [2.45, 2.75) is 59.3 Å². The number of hydrogen-bond acceptors (Lipinski definition) is 2.